The van der Waals surface area contributed by atoms with Gasteiger partial charge in [0.05, 0.1) is 17.7 Å². The number of amides is 2. The Morgan fingerprint density at radius 1 is 0.870 bits per heavy atom. The van der Waals surface area contributed by atoms with Crippen LogP contribution in [0.4, 0.5) is 10.1 Å². The van der Waals surface area contributed by atoms with Crippen LogP contribution in [-0.2, 0) is 32.6 Å². The van der Waals surface area contributed by atoms with Crippen LogP contribution >= 0.6 is 0 Å². The molecule has 0 unspecified atom stereocenters. The predicted octanol–water partition coefficient (Wildman–Crippen LogP) is 5.89. The predicted molar refractivity (Wildman–Crippen MR) is 177 cm³/mol. The van der Waals surface area contributed by atoms with Crippen molar-refractivity contribution in [1.29, 1.82) is 0 Å². The van der Waals surface area contributed by atoms with E-state index in [4.69, 9.17) is 4.74 Å². The van der Waals surface area contributed by atoms with Crippen molar-refractivity contribution >= 4 is 27.5 Å². The van der Waals surface area contributed by atoms with Gasteiger partial charge >= 0.3 is 0 Å². The molecule has 2 amide bonds. The number of methoxy groups -OCH3 is 1. The van der Waals surface area contributed by atoms with Gasteiger partial charge in [-0.15, -0.1) is 0 Å². The molecule has 242 valence electrons. The zero-order chi connectivity index (χ0) is 33.3. The monoisotopic (exact) mass is 645 g/mol. The van der Waals surface area contributed by atoms with E-state index in [2.05, 4.69) is 5.32 Å². The molecular formula is C36H40FN3O5S. The lowest BCUT2D eigenvalue weighted by Gasteiger charge is -2.34. The van der Waals surface area contributed by atoms with Crippen molar-refractivity contribution in [1.82, 2.24) is 10.2 Å². The highest BCUT2D eigenvalue weighted by Crippen LogP contribution is 2.27. The van der Waals surface area contributed by atoms with Gasteiger partial charge in [0.2, 0.25) is 11.8 Å². The number of carbonyl (C=O) groups excluding carboxylic acids is 2. The molecule has 0 spiro atoms. The van der Waals surface area contributed by atoms with E-state index in [9.17, 15) is 22.4 Å². The molecule has 0 saturated carbocycles. The zero-order valence-corrected chi connectivity index (χ0v) is 27.3. The second-order valence-electron chi connectivity index (χ2n) is 11.2. The smallest absolute Gasteiger partial charge is 0.264 e. The number of hydrogen-bond donors (Lipinski definition) is 1. The van der Waals surface area contributed by atoms with Crippen LogP contribution in [0.2, 0.25) is 0 Å². The molecule has 0 saturated heterocycles. The average Bonchev–Trinajstić information content (AvgIpc) is 3.06. The van der Waals surface area contributed by atoms with Crippen molar-refractivity contribution in [3.05, 3.63) is 126 Å². The summed E-state index contributed by atoms with van der Waals surface area (Å²) in [7, 11) is -2.73. The second-order valence-corrected chi connectivity index (χ2v) is 13.1. The van der Waals surface area contributed by atoms with E-state index >= 15 is 0 Å². The first-order valence-electron chi connectivity index (χ1n) is 15.1. The molecule has 0 bridgehead atoms. The van der Waals surface area contributed by atoms with E-state index in [-0.39, 0.29) is 35.5 Å². The third-order valence-corrected chi connectivity index (χ3v) is 9.57. The van der Waals surface area contributed by atoms with Crippen molar-refractivity contribution in [2.45, 2.75) is 57.1 Å². The third-order valence-electron chi connectivity index (χ3n) is 7.79. The number of benzene rings is 4. The Balaban J connectivity index is 1.80. The summed E-state index contributed by atoms with van der Waals surface area (Å²) in [6, 6.07) is 26.6. The third kappa shape index (κ3) is 8.72. The molecule has 10 heteroatoms. The van der Waals surface area contributed by atoms with Gasteiger partial charge in [0, 0.05) is 19.0 Å². The molecule has 4 aromatic rings. The van der Waals surface area contributed by atoms with Gasteiger partial charge in [0.1, 0.15) is 24.2 Å². The highest BCUT2D eigenvalue weighted by Gasteiger charge is 2.35. The summed E-state index contributed by atoms with van der Waals surface area (Å²) in [4.78, 5) is 29.8. The van der Waals surface area contributed by atoms with Gasteiger partial charge in [0.15, 0.2) is 0 Å². The van der Waals surface area contributed by atoms with Crippen LogP contribution in [0.15, 0.2) is 108 Å². The van der Waals surface area contributed by atoms with Gasteiger partial charge in [-0.25, -0.2) is 12.8 Å². The molecular weight excluding hydrogens is 605 g/mol. The number of nitrogens with one attached hydrogen (secondary N) is 1. The van der Waals surface area contributed by atoms with E-state index in [0.29, 0.717) is 17.7 Å². The minimum Gasteiger partial charge on any atom is -0.497 e. The molecule has 4 rings (SSSR count). The lowest BCUT2D eigenvalue weighted by atomic mass is 10.0. The van der Waals surface area contributed by atoms with Crippen LogP contribution < -0.4 is 14.4 Å². The first-order valence-corrected chi connectivity index (χ1v) is 16.6. The van der Waals surface area contributed by atoms with Gasteiger partial charge in [-0.1, -0.05) is 67.1 Å². The van der Waals surface area contributed by atoms with E-state index in [1.807, 2.05) is 51.1 Å². The van der Waals surface area contributed by atoms with Crippen molar-refractivity contribution in [3.63, 3.8) is 0 Å². The molecule has 0 heterocycles. The number of sulfonamides is 1. The van der Waals surface area contributed by atoms with Crippen LogP contribution in [0, 0.1) is 12.7 Å². The summed E-state index contributed by atoms with van der Waals surface area (Å²) >= 11 is 0. The maximum Gasteiger partial charge on any atom is 0.264 e. The molecule has 0 aromatic heterocycles. The SMILES string of the molecule is CC[C@@H](C)NC(=O)[C@H](Cc1ccccc1)N(Cc1ccc(F)cc1)C(=O)CN(c1ccc(OC)cc1)S(=O)(=O)c1ccc(C)cc1. The van der Waals surface area contributed by atoms with E-state index in [1.54, 1.807) is 48.5 Å². The summed E-state index contributed by atoms with van der Waals surface area (Å²) in [5.41, 5.74) is 2.54. The maximum atomic E-state index is 14.5. The van der Waals surface area contributed by atoms with Crippen LogP contribution in [0.25, 0.3) is 0 Å². The number of halogens is 1. The lowest BCUT2D eigenvalue weighted by molar-refractivity contribution is -0.140. The number of rotatable bonds is 14. The zero-order valence-electron chi connectivity index (χ0n) is 26.5. The quantitative estimate of drug-likeness (QED) is 0.185. The molecule has 0 aliphatic heterocycles. The molecule has 2 atom stereocenters. The first kappa shape index (κ1) is 34.2. The Hall–Kier alpha value is -4.70. The first-order chi connectivity index (χ1) is 22.0. The molecule has 0 radical (unpaired) electrons. The summed E-state index contributed by atoms with van der Waals surface area (Å²) in [6.45, 7) is 5.04. The normalized spacial score (nSPS) is 12.5. The van der Waals surface area contributed by atoms with E-state index in [0.717, 1.165) is 15.4 Å². The molecule has 0 fully saturated rings. The van der Waals surface area contributed by atoms with E-state index in [1.165, 1.54) is 36.3 Å². The number of nitrogens with zero attached hydrogens (tertiary/aromatic N) is 2. The van der Waals surface area contributed by atoms with E-state index < -0.39 is 34.3 Å². The van der Waals surface area contributed by atoms with Gasteiger partial charge in [-0.2, -0.15) is 0 Å². The number of hydrogen-bond acceptors (Lipinski definition) is 5. The van der Waals surface area contributed by atoms with Gasteiger partial charge in [0.25, 0.3) is 10.0 Å². The fourth-order valence-corrected chi connectivity index (χ4v) is 6.31. The number of aryl methyl sites for hydroxylation is 1. The van der Waals surface area contributed by atoms with Crippen LogP contribution in [-0.4, -0.2) is 50.9 Å². The highest BCUT2D eigenvalue weighted by molar-refractivity contribution is 7.92. The fraction of sp³-hybridized carbons (Fsp3) is 0.278. The Kier molecular flexibility index (Phi) is 11.5. The minimum absolute atomic E-state index is 0.0159. The molecule has 0 aliphatic carbocycles. The molecule has 46 heavy (non-hydrogen) atoms. The Labute approximate surface area is 270 Å². The van der Waals surface area contributed by atoms with Crippen LogP contribution in [0.3, 0.4) is 0 Å². The van der Waals surface area contributed by atoms with Crippen molar-refractivity contribution in [2.24, 2.45) is 0 Å². The van der Waals surface area contributed by atoms with Gasteiger partial charge in [-0.05, 0) is 79.9 Å². The second kappa shape index (κ2) is 15.5. The van der Waals surface area contributed by atoms with Crippen molar-refractivity contribution in [2.75, 3.05) is 18.0 Å². The van der Waals surface area contributed by atoms with Crippen molar-refractivity contribution in [3.8, 4) is 5.75 Å². The topological polar surface area (TPSA) is 96.0 Å². The molecule has 0 aliphatic rings. The summed E-state index contributed by atoms with van der Waals surface area (Å²) < 4.78 is 48.4. The number of carbonyl (C=O) groups is 2. The standard InChI is InChI=1S/C36H40FN3O5S/c1-5-27(3)38-36(42)34(23-28-9-7-6-8-10-28)39(24-29-13-15-30(37)16-14-29)35(41)25-40(31-17-19-32(45-4)20-18-31)46(43,44)33-21-11-26(2)12-22-33/h6-22,27,34H,5,23-25H2,1-4H3,(H,38,42)/t27-,34+/m1/s1. The van der Waals surface area contributed by atoms with Gasteiger partial charge < -0.3 is 15.0 Å². The Morgan fingerprint density at radius 3 is 2.09 bits per heavy atom. The average molecular weight is 646 g/mol. The Morgan fingerprint density at radius 2 is 1.50 bits per heavy atom. The number of anilines is 1. The minimum atomic E-state index is -4.23. The van der Waals surface area contributed by atoms with Gasteiger partial charge in [-0.3, -0.25) is 13.9 Å². The largest absolute Gasteiger partial charge is 0.497 e. The summed E-state index contributed by atoms with van der Waals surface area (Å²) in [5, 5.41) is 3.00. The maximum absolute atomic E-state index is 14.5. The lowest BCUT2D eigenvalue weighted by Crippen LogP contribution is -2.54. The van der Waals surface area contributed by atoms with Crippen molar-refractivity contribution < 1.29 is 27.1 Å². The van der Waals surface area contributed by atoms with Crippen LogP contribution in [0.5, 0.6) is 5.75 Å². The van der Waals surface area contributed by atoms with Crippen LogP contribution in [0.1, 0.15) is 37.0 Å². The molecule has 1 N–H and O–H groups in total. The highest BCUT2D eigenvalue weighted by atomic mass is 32.2. The fourth-order valence-electron chi connectivity index (χ4n) is 4.90. The Bertz CT molecular complexity index is 1700. The summed E-state index contributed by atoms with van der Waals surface area (Å²) in [6.07, 6.45) is 0.860. The summed E-state index contributed by atoms with van der Waals surface area (Å²) in [5.74, 6) is -0.890. The number of ether oxygens (including phenoxy) is 1. The molecule has 8 nitrogen and oxygen atoms in total. The molecule has 4 aromatic carbocycles.